The summed E-state index contributed by atoms with van der Waals surface area (Å²) in [6.45, 7) is 31.9. The van der Waals surface area contributed by atoms with Crippen molar-refractivity contribution in [2.24, 2.45) is 65.1 Å². The first-order chi connectivity index (χ1) is 39.3. The molecule has 6 amide bonds. The fourth-order valence-corrected chi connectivity index (χ4v) is 11.7. The van der Waals surface area contributed by atoms with Crippen molar-refractivity contribution in [2.75, 3.05) is 28.2 Å². The molecule has 1 aliphatic heterocycles. The molecule has 1 aliphatic rings. The molecule has 2 N–H and O–H groups in total. The van der Waals surface area contributed by atoms with Gasteiger partial charge in [0.05, 0.1) is 36.1 Å². The summed E-state index contributed by atoms with van der Waals surface area (Å²) in [5, 5.41) is 5.57. The zero-order valence-corrected chi connectivity index (χ0v) is 56.1. The molecular weight excluding hydrogens is 1080 g/mol. The molecule has 1 fully saturated rings. The number of nitrogens with zero attached hydrogens (tertiary/aromatic N) is 4. The number of hydrogen-bond acceptors (Lipinski definition) is 13. The standard InChI is InChI=1S/C66H112N6O13/c1-23-25-26-43(15)61(85-46(18)73)49-36-58(78)60(42(13)14)72(22)65(83)47(29-37(3)4)34-56(76)53(32-40(9)10)70(20)64(82)45(17)67-62(80)44(16)33-55(75)52(31-39(7)8)71(21)66(84)48(41(11)12)35-57(77)51(30-38(5)6)69(19)59(79)28-27-54(74)50(24-2)68-63(49)81/h23,25,37-45,47-53,60-61H,24,26-36H2,1-22H3,(H,67,80)(H,68,81)/b25-23+/t43-,44-,45-,47-,48+,49+,50+,51+,52+,53-,60+,61-/m1/s1. The molecule has 19 nitrogen and oxygen atoms in total. The summed E-state index contributed by atoms with van der Waals surface area (Å²) in [7, 11) is 5.97. The molecule has 0 radical (unpaired) electrons. The van der Waals surface area contributed by atoms with Crippen LogP contribution in [0.5, 0.6) is 0 Å². The fourth-order valence-electron chi connectivity index (χ4n) is 11.7. The van der Waals surface area contributed by atoms with Crippen molar-refractivity contribution in [1.82, 2.24) is 30.2 Å². The maximum atomic E-state index is 15.0. The number of amides is 6. The van der Waals surface area contributed by atoms with Crippen LogP contribution in [0, 0.1) is 65.1 Å². The van der Waals surface area contributed by atoms with Gasteiger partial charge in [-0.25, -0.2) is 0 Å². The van der Waals surface area contributed by atoms with E-state index in [1.807, 2.05) is 68.4 Å². The third-order valence-corrected chi connectivity index (χ3v) is 16.7. The van der Waals surface area contributed by atoms with Crippen LogP contribution in [0.15, 0.2) is 12.2 Å². The molecular formula is C66H112N6O13. The number of carbonyl (C=O) groups excluding carboxylic acids is 12. The highest BCUT2D eigenvalue weighted by atomic mass is 16.5. The first kappa shape index (κ1) is 77.4. The van der Waals surface area contributed by atoms with Gasteiger partial charge in [-0.3, -0.25) is 57.5 Å². The molecule has 484 valence electrons. The van der Waals surface area contributed by atoms with Crippen LogP contribution in [0.4, 0.5) is 0 Å². The van der Waals surface area contributed by atoms with Crippen molar-refractivity contribution in [3.63, 3.8) is 0 Å². The summed E-state index contributed by atoms with van der Waals surface area (Å²) in [5.74, 6) is -12.1. The van der Waals surface area contributed by atoms with Crippen LogP contribution in [0.25, 0.3) is 0 Å². The number of esters is 1. The van der Waals surface area contributed by atoms with Gasteiger partial charge in [0.15, 0.2) is 28.9 Å². The normalized spacial score (nSPS) is 26.9. The number of nitrogens with one attached hydrogen (secondary N) is 2. The van der Waals surface area contributed by atoms with Crippen molar-refractivity contribution in [2.45, 2.75) is 244 Å². The van der Waals surface area contributed by atoms with Gasteiger partial charge in [-0.2, -0.15) is 0 Å². The SMILES string of the molecule is C/C=C/C[C@@H](C)[C@@H](OC(C)=O)[C@@H]1CC(=O)[C@H](C(C)C)N(C)C(=O)[C@H](CC(C)C)CC(=O)[C@@H](CC(C)C)N(C)C(=O)[C@@H](C)NC(=O)[C@H](C)CC(=O)[C@H](CC(C)C)N(C)C(=O)[C@H](C(C)C)CC(=O)[C@H](CC(C)C)N(C)C(=O)CCC(=O)[C@H](CC)NC1=O. The van der Waals surface area contributed by atoms with Gasteiger partial charge < -0.3 is 35.0 Å². The van der Waals surface area contributed by atoms with Crippen molar-refractivity contribution in [3.8, 4) is 0 Å². The molecule has 0 bridgehead atoms. The van der Waals surface area contributed by atoms with E-state index in [0.717, 1.165) is 0 Å². The highest BCUT2D eigenvalue weighted by molar-refractivity contribution is 5.99. The summed E-state index contributed by atoms with van der Waals surface area (Å²) < 4.78 is 5.89. The second kappa shape index (κ2) is 36.5. The number of allylic oxidation sites excluding steroid dienone is 2. The zero-order chi connectivity index (χ0) is 65.7. The largest absolute Gasteiger partial charge is 0.461 e. The fraction of sp³-hybridized carbons (Fsp3) is 0.788. The first-order valence-corrected chi connectivity index (χ1v) is 31.4. The van der Waals surface area contributed by atoms with Crippen LogP contribution < -0.4 is 10.6 Å². The lowest BCUT2D eigenvalue weighted by atomic mass is 9.82. The highest BCUT2D eigenvalue weighted by Crippen LogP contribution is 2.31. The summed E-state index contributed by atoms with van der Waals surface area (Å²) >= 11 is 0. The van der Waals surface area contributed by atoms with Gasteiger partial charge >= 0.3 is 5.97 Å². The molecule has 0 aliphatic carbocycles. The zero-order valence-electron chi connectivity index (χ0n) is 56.1. The van der Waals surface area contributed by atoms with Crippen LogP contribution in [-0.4, -0.2) is 160 Å². The Bertz CT molecular complexity index is 2330. The maximum absolute atomic E-state index is 15.0. The number of carbonyl (C=O) groups is 12. The minimum absolute atomic E-state index is 0.0614. The summed E-state index contributed by atoms with van der Waals surface area (Å²) in [4.78, 5) is 178. The number of likely N-dealkylation sites (N-methyl/N-ethyl adjacent to an activating group) is 4. The Morgan fingerprint density at radius 3 is 1.47 bits per heavy atom. The summed E-state index contributed by atoms with van der Waals surface area (Å²) in [5.41, 5.74) is 0. The van der Waals surface area contributed by atoms with Crippen LogP contribution >= 0.6 is 0 Å². The average Bonchev–Trinajstić information content (AvgIpc) is 3.48. The molecule has 0 spiro atoms. The van der Waals surface area contributed by atoms with Gasteiger partial charge in [0, 0.05) is 91.4 Å². The molecule has 0 unspecified atom stereocenters. The van der Waals surface area contributed by atoms with E-state index in [0.29, 0.717) is 6.42 Å². The molecule has 85 heavy (non-hydrogen) atoms. The third-order valence-electron chi connectivity index (χ3n) is 16.7. The Morgan fingerprint density at radius 1 is 0.541 bits per heavy atom. The Labute approximate surface area is 510 Å². The molecule has 1 saturated heterocycles. The molecule has 19 heteroatoms. The van der Waals surface area contributed by atoms with Gasteiger partial charge in [-0.1, -0.05) is 116 Å². The molecule has 1 heterocycles. The topological polar surface area (TPSA) is 251 Å². The van der Waals surface area contributed by atoms with E-state index in [-0.39, 0.29) is 105 Å². The number of ketones is 5. The Balaban J connectivity index is 4.27. The highest BCUT2D eigenvalue weighted by Gasteiger charge is 2.44. The van der Waals surface area contributed by atoms with Crippen molar-refractivity contribution >= 4 is 70.3 Å². The molecule has 1 rings (SSSR count). The van der Waals surface area contributed by atoms with Crippen LogP contribution in [0.1, 0.15) is 202 Å². The average molecular weight is 1200 g/mol. The lowest BCUT2D eigenvalue weighted by molar-refractivity contribution is -0.158. The summed E-state index contributed by atoms with van der Waals surface area (Å²) in [6, 6.07) is -6.38. The Morgan fingerprint density at radius 2 is 1.01 bits per heavy atom. The predicted octanol–water partition coefficient (Wildman–Crippen LogP) is 8.41. The van der Waals surface area contributed by atoms with E-state index in [2.05, 4.69) is 10.6 Å². The van der Waals surface area contributed by atoms with Gasteiger partial charge in [-0.15, -0.1) is 0 Å². The minimum atomic E-state index is -1.35. The van der Waals surface area contributed by atoms with Crippen LogP contribution in [-0.2, 0) is 62.3 Å². The van der Waals surface area contributed by atoms with Gasteiger partial charge in [0.2, 0.25) is 35.4 Å². The van der Waals surface area contributed by atoms with Gasteiger partial charge in [0.1, 0.15) is 12.1 Å². The summed E-state index contributed by atoms with van der Waals surface area (Å²) in [6.07, 6.45) is 1.94. The monoisotopic (exact) mass is 1200 g/mol. The van der Waals surface area contributed by atoms with Crippen molar-refractivity contribution < 1.29 is 62.3 Å². The van der Waals surface area contributed by atoms with Crippen LogP contribution in [0.3, 0.4) is 0 Å². The van der Waals surface area contributed by atoms with E-state index in [1.54, 1.807) is 54.5 Å². The maximum Gasteiger partial charge on any atom is 0.302 e. The van der Waals surface area contributed by atoms with E-state index >= 15 is 4.79 Å². The second-order valence-corrected chi connectivity index (χ2v) is 26.9. The molecule has 0 aromatic carbocycles. The molecule has 0 saturated carbocycles. The van der Waals surface area contributed by atoms with E-state index < -0.39 is 143 Å². The third kappa shape index (κ3) is 24.2. The van der Waals surface area contributed by atoms with Crippen molar-refractivity contribution in [3.05, 3.63) is 12.2 Å². The van der Waals surface area contributed by atoms with E-state index in [9.17, 15) is 52.7 Å². The number of rotatable bonds is 16. The van der Waals surface area contributed by atoms with Gasteiger partial charge in [-0.05, 0) is 93.8 Å². The lowest BCUT2D eigenvalue weighted by Crippen LogP contribution is -2.53. The minimum Gasteiger partial charge on any atom is -0.461 e. The number of ether oxygens (including phenoxy) is 1. The molecule has 0 aromatic heterocycles. The quantitative estimate of drug-likeness (QED) is 0.109. The Kier molecular flexibility index (Phi) is 33.2. The second-order valence-electron chi connectivity index (χ2n) is 26.9. The number of Topliss-reactive ketones (excluding diaryl/α,β-unsaturated/α-hetero) is 5. The Hall–Kier alpha value is -5.62. The van der Waals surface area contributed by atoms with E-state index in [1.165, 1.54) is 61.6 Å². The smallest absolute Gasteiger partial charge is 0.302 e. The lowest BCUT2D eigenvalue weighted by Gasteiger charge is -2.36. The molecule has 0 aromatic rings. The first-order valence-electron chi connectivity index (χ1n) is 31.4. The molecule has 12 atom stereocenters. The van der Waals surface area contributed by atoms with Crippen LogP contribution in [0.2, 0.25) is 0 Å². The number of hydrogen-bond donors (Lipinski definition) is 2. The van der Waals surface area contributed by atoms with Gasteiger partial charge in [0.25, 0.3) is 0 Å². The predicted molar refractivity (Wildman–Crippen MR) is 330 cm³/mol. The van der Waals surface area contributed by atoms with E-state index in [4.69, 9.17) is 4.74 Å². The van der Waals surface area contributed by atoms with Crippen molar-refractivity contribution in [1.29, 1.82) is 0 Å².